The summed E-state index contributed by atoms with van der Waals surface area (Å²) in [5, 5.41) is 13.7. The number of quaternary nitrogens is 1. The predicted octanol–water partition coefficient (Wildman–Crippen LogP) is 3.41. The molecule has 0 fully saturated rings. The topological polar surface area (TPSA) is 74.2 Å². The molecule has 0 aliphatic carbocycles. The first-order valence-electron chi connectivity index (χ1n) is 7.90. The fraction of sp³-hybridized carbons (Fsp3) is 0.294. The normalized spacial score (nSPS) is 16.1. The maximum atomic E-state index is 11.6. The van der Waals surface area contributed by atoms with Gasteiger partial charge in [0.1, 0.15) is 12.8 Å². The molecule has 6 nitrogen and oxygen atoms in total. The molecule has 2 heterocycles. The van der Waals surface area contributed by atoms with Gasteiger partial charge in [0.15, 0.2) is 0 Å². The summed E-state index contributed by atoms with van der Waals surface area (Å²) in [6, 6.07) is 5.56. The summed E-state index contributed by atoms with van der Waals surface area (Å²) in [5.41, 5.74) is 8.16. The van der Waals surface area contributed by atoms with E-state index < -0.39 is 4.16 Å². The van der Waals surface area contributed by atoms with Crippen LogP contribution in [0.3, 0.4) is 0 Å². The minimum absolute atomic E-state index is 0.0390. The summed E-state index contributed by atoms with van der Waals surface area (Å²) in [6.45, 7) is 3.93. The first-order valence-corrected chi connectivity index (χ1v) is 8.30. The van der Waals surface area contributed by atoms with E-state index in [2.05, 4.69) is 28.5 Å². The molecule has 0 saturated heterocycles. The molecule has 2 aromatic rings. The van der Waals surface area contributed by atoms with E-state index in [-0.39, 0.29) is 5.91 Å². The second kappa shape index (κ2) is 6.43. The number of rotatable bonds is 4. The third-order valence-electron chi connectivity index (χ3n) is 4.18. The molecular formula is C17H21N4O2S+. The zero-order chi connectivity index (χ0) is 17.3. The van der Waals surface area contributed by atoms with Gasteiger partial charge in [-0.05, 0) is 43.0 Å². The second-order valence-electron chi connectivity index (χ2n) is 5.95. The van der Waals surface area contributed by atoms with Crippen molar-refractivity contribution in [3.05, 3.63) is 47.3 Å². The summed E-state index contributed by atoms with van der Waals surface area (Å²) in [7, 11) is 0. The van der Waals surface area contributed by atoms with Crippen LogP contribution in [0.2, 0.25) is 0 Å². The number of fused-ring (bicyclic) bond motifs is 1. The number of aryl methyl sites for hydroxylation is 3. The lowest BCUT2D eigenvalue weighted by Gasteiger charge is -2.26. The van der Waals surface area contributed by atoms with E-state index in [0.717, 1.165) is 34.5 Å². The smallest absolute Gasteiger partial charge is 0.224 e. The molecule has 24 heavy (non-hydrogen) atoms. The van der Waals surface area contributed by atoms with Gasteiger partial charge in [-0.3, -0.25) is 9.78 Å². The number of benzene rings is 1. The van der Waals surface area contributed by atoms with Crippen molar-refractivity contribution in [3.8, 4) is 0 Å². The molecule has 126 valence electrons. The minimum Gasteiger partial charge on any atom is -0.326 e. The molecule has 3 N–H and O–H groups in total. The Kier molecular flexibility index (Phi) is 4.49. The summed E-state index contributed by atoms with van der Waals surface area (Å²) in [5.74, 6) is 0.0390. The Bertz CT molecular complexity index is 792. The fourth-order valence-corrected chi connectivity index (χ4v) is 3.30. The molecule has 3 rings (SSSR count). The van der Waals surface area contributed by atoms with Crippen molar-refractivity contribution in [2.75, 3.05) is 10.7 Å². The summed E-state index contributed by atoms with van der Waals surface area (Å²) in [6.07, 6.45) is 5.25. The minimum atomic E-state index is -0.768. The SMILES string of the molecule is CCc1cnccc1[N+](O)(S)Nc1cc(C)c2c(c1)CCC(=O)N2. The Morgan fingerprint density at radius 2 is 2.21 bits per heavy atom. The van der Waals surface area contributed by atoms with Crippen molar-refractivity contribution in [2.45, 2.75) is 33.1 Å². The van der Waals surface area contributed by atoms with Crippen LogP contribution in [0.25, 0.3) is 0 Å². The van der Waals surface area contributed by atoms with Gasteiger partial charge in [0.05, 0.1) is 5.69 Å². The van der Waals surface area contributed by atoms with Gasteiger partial charge in [-0.2, -0.15) is 10.6 Å². The fourth-order valence-electron chi connectivity index (χ4n) is 2.99. The number of hydrogen-bond acceptors (Lipinski definition) is 5. The third kappa shape index (κ3) is 3.24. The summed E-state index contributed by atoms with van der Waals surface area (Å²) < 4.78 is -0.768. The quantitative estimate of drug-likeness (QED) is 0.389. The molecule has 1 aromatic carbocycles. The molecule has 1 aliphatic heterocycles. The molecule has 1 amide bonds. The lowest BCUT2D eigenvalue weighted by Crippen LogP contribution is -2.42. The number of aromatic nitrogens is 1. The van der Waals surface area contributed by atoms with Crippen LogP contribution in [0.15, 0.2) is 30.6 Å². The summed E-state index contributed by atoms with van der Waals surface area (Å²) >= 11 is 4.37. The number of nitrogens with zero attached hydrogens (tertiary/aromatic N) is 2. The Hall–Kier alpha value is -2.09. The van der Waals surface area contributed by atoms with Crippen molar-refractivity contribution >= 4 is 35.8 Å². The maximum absolute atomic E-state index is 11.6. The van der Waals surface area contributed by atoms with E-state index >= 15 is 0 Å². The van der Waals surface area contributed by atoms with Gasteiger partial charge in [-0.15, -0.1) is 0 Å². The molecule has 1 aromatic heterocycles. The number of pyridine rings is 1. The number of amides is 1. The number of carbonyl (C=O) groups excluding carboxylic acids is 1. The Balaban J connectivity index is 1.93. The molecule has 0 saturated carbocycles. The molecule has 0 radical (unpaired) electrons. The molecule has 1 aliphatic rings. The standard InChI is InChI=1S/C17H20N4O2S/c1-3-12-10-18-7-6-15(12)21(23,24)20-14-8-11(2)17-13(9-14)4-5-16(22)19-17/h6-10,20,23-24H,3-5H2,1-2H3/p+1. The Labute approximate surface area is 146 Å². The first kappa shape index (κ1) is 16.8. The average Bonchev–Trinajstić information content (AvgIpc) is 2.55. The van der Waals surface area contributed by atoms with Crippen LogP contribution in [0.1, 0.15) is 30.0 Å². The number of anilines is 2. The van der Waals surface area contributed by atoms with E-state index in [9.17, 15) is 10.0 Å². The van der Waals surface area contributed by atoms with Crippen molar-refractivity contribution in [2.24, 2.45) is 0 Å². The van der Waals surface area contributed by atoms with Gasteiger partial charge < -0.3 is 5.32 Å². The zero-order valence-electron chi connectivity index (χ0n) is 13.7. The number of hydrogen-bond donors (Lipinski definition) is 4. The van der Waals surface area contributed by atoms with Crippen LogP contribution in [0.5, 0.6) is 0 Å². The van der Waals surface area contributed by atoms with Gasteiger partial charge in [0.2, 0.25) is 11.6 Å². The zero-order valence-corrected chi connectivity index (χ0v) is 14.6. The van der Waals surface area contributed by atoms with Crippen LogP contribution >= 0.6 is 12.8 Å². The highest BCUT2D eigenvalue weighted by molar-refractivity contribution is 7.79. The molecule has 0 spiro atoms. The highest BCUT2D eigenvalue weighted by Crippen LogP contribution is 2.33. The summed E-state index contributed by atoms with van der Waals surface area (Å²) in [4.78, 5) is 15.7. The molecule has 1 atom stereocenters. The number of carbonyl (C=O) groups is 1. The Morgan fingerprint density at radius 1 is 1.42 bits per heavy atom. The maximum Gasteiger partial charge on any atom is 0.224 e. The first-order chi connectivity index (χ1) is 11.4. The molecule has 1 unspecified atom stereocenters. The van der Waals surface area contributed by atoms with Crippen LogP contribution in [0, 0.1) is 6.92 Å². The average molecular weight is 345 g/mol. The largest absolute Gasteiger partial charge is 0.326 e. The molecule has 7 heteroatoms. The van der Waals surface area contributed by atoms with Crippen LogP contribution < -0.4 is 14.9 Å². The lowest BCUT2D eigenvalue weighted by molar-refractivity contribution is -0.116. The monoisotopic (exact) mass is 345 g/mol. The van der Waals surface area contributed by atoms with Crippen molar-refractivity contribution in [3.63, 3.8) is 0 Å². The number of nitrogens with one attached hydrogen (secondary N) is 2. The van der Waals surface area contributed by atoms with E-state index in [1.807, 2.05) is 26.0 Å². The van der Waals surface area contributed by atoms with E-state index in [1.165, 1.54) is 0 Å². The van der Waals surface area contributed by atoms with Gasteiger partial charge >= 0.3 is 0 Å². The second-order valence-corrected chi connectivity index (χ2v) is 6.53. The third-order valence-corrected chi connectivity index (χ3v) is 4.50. The van der Waals surface area contributed by atoms with Crippen molar-refractivity contribution < 1.29 is 10.0 Å². The van der Waals surface area contributed by atoms with Crippen LogP contribution in [0.4, 0.5) is 17.1 Å². The van der Waals surface area contributed by atoms with Crippen molar-refractivity contribution in [1.29, 1.82) is 0 Å². The van der Waals surface area contributed by atoms with E-state index in [1.54, 1.807) is 18.5 Å². The van der Waals surface area contributed by atoms with E-state index in [0.29, 0.717) is 18.5 Å². The lowest BCUT2D eigenvalue weighted by atomic mass is 9.99. The molecule has 0 bridgehead atoms. The molecular weight excluding hydrogens is 324 g/mol. The van der Waals surface area contributed by atoms with Crippen LogP contribution in [-0.4, -0.2) is 16.1 Å². The van der Waals surface area contributed by atoms with Gasteiger partial charge in [-0.25, -0.2) is 0 Å². The van der Waals surface area contributed by atoms with E-state index in [4.69, 9.17) is 0 Å². The predicted molar refractivity (Wildman–Crippen MR) is 97.9 cm³/mol. The van der Waals surface area contributed by atoms with Gasteiger partial charge in [0.25, 0.3) is 0 Å². The van der Waals surface area contributed by atoms with Gasteiger partial charge in [-0.1, -0.05) is 6.92 Å². The highest BCUT2D eigenvalue weighted by Gasteiger charge is 2.29. The number of thiol groups is 1. The Morgan fingerprint density at radius 3 is 2.96 bits per heavy atom. The highest BCUT2D eigenvalue weighted by atomic mass is 32.1. The van der Waals surface area contributed by atoms with Crippen LogP contribution in [-0.2, 0) is 17.6 Å². The van der Waals surface area contributed by atoms with Crippen molar-refractivity contribution in [1.82, 2.24) is 9.14 Å². The van der Waals surface area contributed by atoms with Gasteiger partial charge in [0, 0.05) is 40.3 Å².